The maximum absolute atomic E-state index is 9.90. The molecule has 0 atom stereocenters. The Balaban J connectivity index is 1.60. The molecule has 6 nitrogen and oxygen atoms in total. The maximum Gasteiger partial charge on any atom is 0.124 e. The highest BCUT2D eigenvalue weighted by atomic mass is 16.5. The molecule has 2 rings (SSSR count). The number of aliphatic hydroxyl groups excluding tert-OH is 1. The lowest BCUT2D eigenvalue weighted by atomic mass is 10.1. The Kier molecular flexibility index (Phi) is 15.1. The van der Waals surface area contributed by atoms with Crippen molar-refractivity contribution in [1.29, 1.82) is 0 Å². The van der Waals surface area contributed by atoms with Crippen LogP contribution in [0, 0.1) is 0 Å². The molecule has 0 bridgehead atoms. The quantitative estimate of drug-likeness (QED) is 0.120. The van der Waals surface area contributed by atoms with Crippen LogP contribution in [0.2, 0.25) is 0 Å². The van der Waals surface area contributed by atoms with Crippen LogP contribution < -0.4 is 4.74 Å². The highest BCUT2D eigenvalue weighted by molar-refractivity contribution is 5.84. The van der Waals surface area contributed by atoms with Crippen LogP contribution in [-0.2, 0) is 0 Å². The van der Waals surface area contributed by atoms with Crippen molar-refractivity contribution >= 4 is 17.6 Å². The van der Waals surface area contributed by atoms with Crippen LogP contribution in [0.1, 0.15) is 89.5 Å². The third-order valence-corrected chi connectivity index (χ3v) is 5.85. The van der Waals surface area contributed by atoms with Crippen molar-refractivity contribution in [2.75, 3.05) is 19.8 Å². The summed E-state index contributed by atoms with van der Waals surface area (Å²) in [5.74, 6) is 0.958. The molecule has 0 saturated carbocycles. The summed E-state index contributed by atoms with van der Waals surface area (Å²) in [5, 5.41) is 27.2. The summed E-state index contributed by atoms with van der Waals surface area (Å²) < 4.78 is 5.86. The number of aliphatic imine (C=N–C) groups is 1. The van der Waals surface area contributed by atoms with Crippen LogP contribution in [0.4, 0.5) is 11.4 Å². The number of phenols is 1. The van der Waals surface area contributed by atoms with Crippen molar-refractivity contribution in [2.24, 2.45) is 15.2 Å². The topological polar surface area (TPSA) is 86.8 Å². The van der Waals surface area contributed by atoms with Gasteiger partial charge in [0.2, 0.25) is 0 Å². The Morgan fingerprint density at radius 1 is 0.743 bits per heavy atom. The van der Waals surface area contributed by atoms with Crippen molar-refractivity contribution in [1.82, 2.24) is 0 Å². The molecular formula is C29H43N3O3. The smallest absolute Gasteiger partial charge is 0.124 e. The Labute approximate surface area is 211 Å². The summed E-state index contributed by atoms with van der Waals surface area (Å²) in [6, 6.07) is 12.5. The van der Waals surface area contributed by atoms with Crippen LogP contribution in [0.15, 0.2) is 57.7 Å². The predicted molar refractivity (Wildman–Crippen MR) is 145 cm³/mol. The highest BCUT2D eigenvalue weighted by Crippen LogP contribution is 2.25. The molecule has 0 spiro atoms. The van der Waals surface area contributed by atoms with E-state index in [1.165, 1.54) is 76.8 Å². The van der Waals surface area contributed by atoms with Gasteiger partial charge in [0, 0.05) is 11.8 Å². The van der Waals surface area contributed by atoms with E-state index in [-0.39, 0.29) is 12.4 Å². The van der Waals surface area contributed by atoms with Gasteiger partial charge in [-0.15, -0.1) is 0 Å². The minimum Gasteiger partial charge on any atom is -0.507 e. The molecule has 2 aromatic rings. The third-order valence-electron chi connectivity index (χ3n) is 5.85. The van der Waals surface area contributed by atoms with E-state index in [1.807, 2.05) is 24.3 Å². The van der Waals surface area contributed by atoms with Gasteiger partial charge in [-0.3, -0.25) is 4.99 Å². The Hall–Kier alpha value is -2.73. The lowest BCUT2D eigenvalue weighted by Gasteiger charge is -2.06. The number of azo groups is 1. The standard InChI is InChI=1S/C29H43N3O3/c1-2-3-4-5-6-7-8-9-10-11-12-13-22-35-28-17-14-26(15-18-28)31-32-27-16-19-29(34)25(23-27)24-30-20-21-33/h14-19,23-24,33-34H,2-13,20-22H2,1H3. The van der Waals surface area contributed by atoms with Crippen LogP contribution in [0.3, 0.4) is 0 Å². The molecule has 0 saturated heterocycles. The molecule has 0 aliphatic rings. The molecule has 0 aliphatic heterocycles. The number of benzene rings is 2. The molecule has 6 heteroatoms. The van der Waals surface area contributed by atoms with Crippen molar-refractivity contribution in [2.45, 2.75) is 84.0 Å². The Morgan fingerprint density at radius 2 is 1.31 bits per heavy atom. The van der Waals surface area contributed by atoms with Gasteiger partial charge in [-0.1, -0.05) is 77.6 Å². The summed E-state index contributed by atoms with van der Waals surface area (Å²) in [4.78, 5) is 4.03. The molecule has 0 aliphatic carbocycles. The molecule has 0 aromatic heterocycles. The number of rotatable bonds is 19. The van der Waals surface area contributed by atoms with E-state index in [0.717, 1.165) is 24.5 Å². The number of nitrogens with zero attached hydrogens (tertiary/aromatic N) is 3. The minimum atomic E-state index is -0.0320. The fourth-order valence-electron chi connectivity index (χ4n) is 3.79. The third kappa shape index (κ3) is 13.1. The highest BCUT2D eigenvalue weighted by Gasteiger charge is 2.01. The number of hydrogen-bond donors (Lipinski definition) is 2. The Bertz CT molecular complexity index is 866. The Morgan fingerprint density at radius 3 is 1.94 bits per heavy atom. The average molecular weight is 482 g/mol. The number of ether oxygens (including phenoxy) is 1. The van der Waals surface area contributed by atoms with Gasteiger partial charge in [0.15, 0.2) is 0 Å². The summed E-state index contributed by atoms with van der Waals surface area (Å²) in [6.45, 7) is 3.27. The van der Waals surface area contributed by atoms with Gasteiger partial charge in [0.05, 0.1) is 31.1 Å². The van der Waals surface area contributed by atoms with E-state index in [2.05, 4.69) is 22.1 Å². The molecular weight excluding hydrogens is 438 g/mol. The predicted octanol–water partition coefficient (Wildman–Crippen LogP) is 8.30. The van der Waals surface area contributed by atoms with E-state index < -0.39 is 0 Å². The largest absolute Gasteiger partial charge is 0.507 e. The number of aromatic hydroxyl groups is 1. The molecule has 0 amide bonds. The first-order valence-electron chi connectivity index (χ1n) is 13.3. The van der Waals surface area contributed by atoms with E-state index in [0.29, 0.717) is 17.8 Å². The van der Waals surface area contributed by atoms with Crippen molar-refractivity contribution in [3.8, 4) is 11.5 Å². The molecule has 2 N–H and O–H groups in total. The van der Waals surface area contributed by atoms with Gasteiger partial charge in [-0.05, 0) is 48.9 Å². The molecule has 35 heavy (non-hydrogen) atoms. The molecule has 2 aromatic carbocycles. The van der Waals surface area contributed by atoms with Gasteiger partial charge < -0.3 is 14.9 Å². The van der Waals surface area contributed by atoms with Crippen molar-refractivity contribution < 1.29 is 14.9 Å². The van der Waals surface area contributed by atoms with E-state index in [9.17, 15) is 5.11 Å². The molecule has 192 valence electrons. The maximum atomic E-state index is 9.90. The fraction of sp³-hybridized carbons (Fsp3) is 0.552. The number of unbranched alkanes of at least 4 members (excludes halogenated alkanes) is 11. The zero-order valence-corrected chi connectivity index (χ0v) is 21.4. The first-order chi connectivity index (χ1) is 17.2. The molecule has 0 fully saturated rings. The molecule has 0 radical (unpaired) electrons. The summed E-state index contributed by atoms with van der Waals surface area (Å²) >= 11 is 0. The van der Waals surface area contributed by atoms with Crippen LogP contribution in [-0.4, -0.2) is 36.2 Å². The SMILES string of the molecule is CCCCCCCCCCCCCCOc1ccc(N=Nc2ccc(O)c(C=NCCO)c2)cc1. The lowest BCUT2D eigenvalue weighted by Crippen LogP contribution is -1.96. The first-order valence-corrected chi connectivity index (χ1v) is 13.3. The molecule has 0 unspecified atom stereocenters. The minimum absolute atomic E-state index is 0.0320. The number of hydrogen-bond acceptors (Lipinski definition) is 6. The van der Waals surface area contributed by atoms with E-state index >= 15 is 0 Å². The van der Waals surface area contributed by atoms with Crippen molar-refractivity contribution in [3.05, 3.63) is 48.0 Å². The second kappa shape index (κ2) is 18.6. The lowest BCUT2D eigenvalue weighted by molar-refractivity contribution is 0.304. The van der Waals surface area contributed by atoms with Gasteiger partial charge >= 0.3 is 0 Å². The van der Waals surface area contributed by atoms with E-state index in [1.54, 1.807) is 18.2 Å². The second-order valence-corrected chi connectivity index (χ2v) is 8.93. The van der Waals surface area contributed by atoms with Gasteiger partial charge in [0.1, 0.15) is 11.5 Å². The summed E-state index contributed by atoms with van der Waals surface area (Å²) in [6.07, 6.45) is 17.6. The van der Waals surface area contributed by atoms with Gasteiger partial charge in [-0.25, -0.2) is 0 Å². The van der Waals surface area contributed by atoms with Gasteiger partial charge in [0.25, 0.3) is 0 Å². The number of phenolic OH excluding ortho intramolecular Hbond substituents is 1. The zero-order valence-electron chi connectivity index (χ0n) is 21.4. The summed E-state index contributed by atoms with van der Waals surface area (Å²) in [5.41, 5.74) is 1.88. The van der Waals surface area contributed by atoms with Crippen LogP contribution in [0.5, 0.6) is 11.5 Å². The first kappa shape index (κ1) is 28.5. The van der Waals surface area contributed by atoms with E-state index in [4.69, 9.17) is 9.84 Å². The monoisotopic (exact) mass is 481 g/mol. The second-order valence-electron chi connectivity index (χ2n) is 8.93. The van der Waals surface area contributed by atoms with Crippen LogP contribution in [0.25, 0.3) is 0 Å². The fourth-order valence-corrected chi connectivity index (χ4v) is 3.79. The normalized spacial score (nSPS) is 11.6. The van der Waals surface area contributed by atoms with Crippen LogP contribution >= 0.6 is 0 Å². The zero-order chi connectivity index (χ0) is 25.0. The molecule has 0 heterocycles. The number of aliphatic hydroxyl groups is 1. The average Bonchev–Trinajstić information content (AvgIpc) is 2.88. The summed E-state index contributed by atoms with van der Waals surface area (Å²) in [7, 11) is 0. The van der Waals surface area contributed by atoms with Crippen molar-refractivity contribution in [3.63, 3.8) is 0 Å². The van der Waals surface area contributed by atoms with Gasteiger partial charge in [-0.2, -0.15) is 10.2 Å².